The molecule has 1 amide bonds. The molecule has 4 nitrogen and oxygen atoms in total. The molecule has 4 heteroatoms. The fraction of sp³-hybridized carbons (Fsp3) is 0.500. The SMILES string of the molecule is C[C@]12C[C@@H]3CC[C@]1(O3)[C@H](c1ccccc1C=O)NC2=O. The fourth-order valence-electron chi connectivity index (χ4n) is 4.40. The van der Waals surface area contributed by atoms with E-state index in [0.717, 1.165) is 31.1 Å². The summed E-state index contributed by atoms with van der Waals surface area (Å²) in [6.07, 6.45) is 3.72. The van der Waals surface area contributed by atoms with Crippen molar-refractivity contribution in [2.24, 2.45) is 5.41 Å². The van der Waals surface area contributed by atoms with Gasteiger partial charge < -0.3 is 10.1 Å². The maximum Gasteiger partial charge on any atom is 0.229 e. The van der Waals surface area contributed by atoms with E-state index in [1.807, 2.05) is 25.1 Å². The first-order chi connectivity index (χ1) is 9.61. The van der Waals surface area contributed by atoms with Crippen molar-refractivity contribution < 1.29 is 14.3 Å². The molecular formula is C16H17NO3. The number of carbonyl (C=O) groups is 2. The van der Waals surface area contributed by atoms with Gasteiger partial charge in [0.1, 0.15) is 11.9 Å². The molecule has 0 saturated carbocycles. The topological polar surface area (TPSA) is 55.4 Å². The van der Waals surface area contributed by atoms with Gasteiger partial charge in [-0.25, -0.2) is 0 Å². The van der Waals surface area contributed by atoms with Crippen LogP contribution in [0.15, 0.2) is 24.3 Å². The number of amides is 1. The molecule has 3 saturated heterocycles. The maximum absolute atomic E-state index is 12.5. The zero-order chi connectivity index (χ0) is 14.0. The van der Waals surface area contributed by atoms with Crippen molar-refractivity contribution >= 4 is 12.2 Å². The Hall–Kier alpha value is -1.68. The standard InChI is InChI=1S/C16H17NO3/c1-15-8-11-6-7-16(15,20-11)13(17-14(15)19)12-5-3-2-4-10(12)9-18/h2-5,9,11,13H,6-8H2,1H3,(H,17,19)/t11-,13-,15+,16-/m0/s1. The van der Waals surface area contributed by atoms with Gasteiger partial charge in [0, 0.05) is 5.56 Å². The third-order valence-corrected chi connectivity index (χ3v) is 5.46. The van der Waals surface area contributed by atoms with E-state index in [1.165, 1.54) is 0 Å². The second-order valence-corrected chi connectivity index (χ2v) is 6.36. The monoisotopic (exact) mass is 271 g/mol. The van der Waals surface area contributed by atoms with Gasteiger partial charge in [-0.3, -0.25) is 9.59 Å². The molecule has 3 aliphatic heterocycles. The van der Waals surface area contributed by atoms with Crippen molar-refractivity contribution in [3.63, 3.8) is 0 Å². The molecule has 1 aromatic carbocycles. The molecule has 1 spiro atoms. The number of benzene rings is 1. The summed E-state index contributed by atoms with van der Waals surface area (Å²) in [7, 11) is 0. The highest BCUT2D eigenvalue weighted by atomic mass is 16.5. The highest BCUT2D eigenvalue weighted by Gasteiger charge is 2.72. The third-order valence-electron chi connectivity index (χ3n) is 5.46. The first-order valence-corrected chi connectivity index (χ1v) is 7.14. The molecule has 0 aliphatic carbocycles. The maximum atomic E-state index is 12.5. The first kappa shape index (κ1) is 12.1. The molecule has 3 fully saturated rings. The van der Waals surface area contributed by atoms with E-state index in [4.69, 9.17) is 4.74 Å². The van der Waals surface area contributed by atoms with E-state index in [1.54, 1.807) is 6.07 Å². The highest BCUT2D eigenvalue weighted by molar-refractivity contribution is 5.89. The number of nitrogens with one attached hydrogen (secondary N) is 1. The van der Waals surface area contributed by atoms with Crippen LogP contribution in [0.1, 0.15) is 48.1 Å². The normalized spacial score (nSPS) is 41.5. The van der Waals surface area contributed by atoms with E-state index in [-0.39, 0.29) is 18.1 Å². The number of carbonyl (C=O) groups excluding carboxylic acids is 2. The van der Waals surface area contributed by atoms with E-state index in [9.17, 15) is 9.59 Å². The van der Waals surface area contributed by atoms with Gasteiger partial charge in [0.2, 0.25) is 5.91 Å². The van der Waals surface area contributed by atoms with Gasteiger partial charge in [-0.1, -0.05) is 24.3 Å². The zero-order valence-corrected chi connectivity index (χ0v) is 11.4. The van der Waals surface area contributed by atoms with Gasteiger partial charge in [0.05, 0.1) is 17.6 Å². The predicted molar refractivity (Wildman–Crippen MR) is 72.3 cm³/mol. The molecule has 4 atom stereocenters. The summed E-state index contributed by atoms with van der Waals surface area (Å²) in [5.74, 6) is 0.0606. The van der Waals surface area contributed by atoms with Crippen molar-refractivity contribution in [1.29, 1.82) is 0 Å². The summed E-state index contributed by atoms with van der Waals surface area (Å²) >= 11 is 0. The number of ether oxygens (including phenoxy) is 1. The number of hydrogen-bond acceptors (Lipinski definition) is 3. The smallest absolute Gasteiger partial charge is 0.229 e. The molecular weight excluding hydrogens is 254 g/mol. The van der Waals surface area contributed by atoms with Crippen LogP contribution in [0.25, 0.3) is 0 Å². The molecule has 2 bridgehead atoms. The molecule has 4 rings (SSSR count). The number of rotatable bonds is 2. The number of aldehydes is 1. The quantitative estimate of drug-likeness (QED) is 0.837. The minimum atomic E-state index is -0.478. The Morgan fingerprint density at radius 3 is 2.95 bits per heavy atom. The summed E-state index contributed by atoms with van der Waals surface area (Å²) in [5, 5.41) is 3.08. The molecule has 20 heavy (non-hydrogen) atoms. The van der Waals surface area contributed by atoms with E-state index < -0.39 is 11.0 Å². The Morgan fingerprint density at radius 1 is 1.40 bits per heavy atom. The van der Waals surface area contributed by atoms with Gasteiger partial charge in [-0.05, 0) is 31.7 Å². The average Bonchev–Trinajstić information content (AvgIpc) is 3.06. The number of fused-ring (bicyclic) bond motifs is 1. The van der Waals surface area contributed by atoms with Crippen LogP contribution in [0.2, 0.25) is 0 Å². The molecule has 0 radical (unpaired) electrons. The van der Waals surface area contributed by atoms with Gasteiger partial charge >= 0.3 is 0 Å². The summed E-state index contributed by atoms with van der Waals surface area (Å²) in [5.41, 5.74) is 0.572. The highest BCUT2D eigenvalue weighted by Crippen LogP contribution is 2.63. The van der Waals surface area contributed by atoms with Crippen LogP contribution in [-0.2, 0) is 9.53 Å². The summed E-state index contributed by atoms with van der Waals surface area (Å²) in [6.45, 7) is 2.00. The lowest BCUT2D eigenvalue weighted by Gasteiger charge is -2.36. The fourth-order valence-corrected chi connectivity index (χ4v) is 4.40. The molecule has 0 aromatic heterocycles. The van der Waals surface area contributed by atoms with Gasteiger partial charge in [0.25, 0.3) is 0 Å². The average molecular weight is 271 g/mol. The Bertz CT molecular complexity index is 613. The molecule has 1 aromatic rings. The molecule has 3 aliphatic rings. The minimum Gasteiger partial charge on any atom is -0.368 e. The molecule has 0 unspecified atom stereocenters. The van der Waals surface area contributed by atoms with Gasteiger partial charge in [-0.2, -0.15) is 0 Å². The first-order valence-electron chi connectivity index (χ1n) is 7.14. The van der Waals surface area contributed by atoms with E-state index in [0.29, 0.717) is 5.56 Å². The van der Waals surface area contributed by atoms with Crippen molar-refractivity contribution in [2.75, 3.05) is 0 Å². The lowest BCUT2D eigenvalue weighted by Crippen LogP contribution is -2.44. The van der Waals surface area contributed by atoms with Crippen LogP contribution in [0.3, 0.4) is 0 Å². The van der Waals surface area contributed by atoms with Crippen LogP contribution in [-0.4, -0.2) is 23.9 Å². The van der Waals surface area contributed by atoms with Crippen molar-refractivity contribution in [3.05, 3.63) is 35.4 Å². The van der Waals surface area contributed by atoms with E-state index >= 15 is 0 Å². The summed E-state index contributed by atoms with van der Waals surface area (Å²) in [4.78, 5) is 23.8. The Kier molecular flexibility index (Phi) is 2.24. The largest absolute Gasteiger partial charge is 0.368 e. The zero-order valence-electron chi connectivity index (χ0n) is 11.4. The Balaban J connectivity index is 1.87. The molecule has 104 valence electrons. The lowest BCUT2D eigenvalue weighted by molar-refractivity contribution is -0.130. The number of hydrogen-bond donors (Lipinski definition) is 1. The lowest BCUT2D eigenvalue weighted by atomic mass is 9.65. The Labute approximate surface area is 117 Å². The molecule has 1 N–H and O–H groups in total. The molecule has 3 heterocycles. The van der Waals surface area contributed by atoms with Crippen molar-refractivity contribution in [2.45, 2.75) is 43.9 Å². The van der Waals surface area contributed by atoms with Crippen LogP contribution in [0.5, 0.6) is 0 Å². The van der Waals surface area contributed by atoms with Gasteiger partial charge in [-0.15, -0.1) is 0 Å². The van der Waals surface area contributed by atoms with E-state index in [2.05, 4.69) is 5.32 Å². The predicted octanol–water partition coefficient (Wildman–Crippen LogP) is 2.00. The van der Waals surface area contributed by atoms with Crippen LogP contribution in [0.4, 0.5) is 0 Å². The van der Waals surface area contributed by atoms with Crippen LogP contribution < -0.4 is 5.32 Å². The summed E-state index contributed by atoms with van der Waals surface area (Å²) in [6, 6.07) is 7.25. The van der Waals surface area contributed by atoms with Crippen molar-refractivity contribution in [1.82, 2.24) is 5.32 Å². The van der Waals surface area contributed by atoms with Gasteiger partial charge in [0.15, 0.2) is 0 Å². The minimum absolute atomic E-state index is 0.0606. The van der Waals surface area contributed by atoms with Crippen LogP contribution in [0, 0.1) is 5.41 Å². The third kappa shape index (κ3) is 1.21. The second-order valence-electron chi connectivity index (χ2n) is 6.36. The second kappa shape index (κ2) is 3.70. The van der Waals surface area contributed by atoms with Crippen molar-refractivity contribution in [3.8, 4) is 0 Å². The van der Waals surface area contributed by atoms with Crippen LogP contribution >= 0.6 is 0 Å². The summed E-state index contributed by atoms with van der Waals surface area (Å²) < 4.78 is 6.22. The Morgan fingerprint density at radius 2 is 2.20 bits per heavy atom.